The van der Waals surface area contributed by atoms with Crippen molar-refractivity contribution in [2.24, 2.45) is 5.73 Å². The van der Waals surface area contributed by atoms with Crippen LogP contribution in [0.15, 0.2) is 0 Å². The second kappa shape index (κ2) is 5.57. The van der Waals surface area contributed by atoms with Gasteiger partial charge in [-0.05, 0) is 26.9 Å². The molecule has 4 nitrogen and oxygen atoms in total. The third kappa shape index (κ3) is 9.79. The van der Waals surface area contributed by atoms with Crippen molar-refractivity contribution in [2.75, 3.05) is 32.1 Å². The zero-order valence-corrected chi connectivity index (χ0v) is 9.47. The second-order valence-corrected chi connectivity index (χ2v) is 5.98. The monoisotopic (exact) mass is 208 g/mol. The summed E-state index contributed by atoms with van der Waals surface area (Å²) in [6, 6.07) is 0.142. The van der Waals surface area contributed by atoms with Crippen LogP contribution in [0, 0.1) is 0 Å². The molecule has 0 amide bonds. The van der Waals surface area contributed by atoms with E-state index in [1.807, 2.05) is 14.0 Å². The zero-order chi connectivity index (χ0) is 10.5. The Kier molecular flexibility index (Phi) is 5.51. The Bertz CT molecular complexity index is 224. The van der Waals surface area contributed by atoms with Gasteiger partial charge in [0.15, 0.2) is 0 Å². The number of hydrogen-bond donors (Lipinski definition) is 1. The van der Waals surface area contributed by atoms with E-state index in [0.717, 1.165) is 13.1 Å². The van der Waals surface area contributed by atoms with Crippen molar-refractivity contribution in [3.05, 3.63) is 0 Å². The minimum Gasteiger partial charge on any atom is -0.327 e. The number of rotatable bonds is 6. The van der Waals surface area contributed by atoms with Gasteiger partial charge in [-0.1, -0.05) is 0 Å². The SMILES string of the molecule is CC(N)CN(C)CCCS(C)(=O)=O. The Morgan fingerprint density at radius 3 is 2.38 bits per heavy atom. The summed E-state index contributed by atoms with van der Waals surface area (Å²) in [6.07, 6.45) is 1.95. The van der Waals surface area contributed by atoms with Gasteiger partial charge in [0.1, 0.15) is 9.84 Å². The van der Waals surface area contributed by atoms with Gasteiger partial charge in [-0.2, -0.15) is 0 Å². The molecule has 1 unspecified atom stereocenters. The zero-order valence-electron chi connectivity index (χ0n) is 8.66. The molecule has 2 N–H and O–H groups in total. The van der Waals surface area contributed by atoms with Crippen LogP contribution in [-0.2, 0) is 9.84 Å². The van der Waals surface area contributed by atoms with Crippen molar-refractivity contribution in [2.45, 2.75) is 19.4 Å². The largest absolute Gasteiger partial charge is 0.327 e. The van der Waals surface area contributed by atoms with Gasteiger partial charge in [0, 0.05) is 18.8 Å². The summed E-state index contributed by atoms with van der Waals surface area (Å²) in [5, 5.41) is 0. The lowest BCUT2D eigenvalue weighted by molar-refractivity contribution is 0.318. The molecule has 0 aliphatic heterocycles. The molecule has 80 valence electrons. The van der Waals surface area contributed by atoms with Crippen molar-refractivity contribution >= 4 is 9.84 Å². The summed E-state index contributed by atoms with van der Waals surface area (Å²) in [5.74, 6) is 0.260. The lowest BCUT2D eigenvalue weighted by atomic mass is 10.3. The van der Waals surface area contributed by atoms with Gasteiger partial charge in [-0.3, -0.25) is 0 Å². The fourth-order valence-electron chi connectivity index (χ4n) is 1.18. The van der Waals surface area contributed by atoms with Crippen molar-refractivity contribution in [3.63, 3.8) is 0 Å². The van der Waals surface area contributed by atoms with E-state index < -0.39 is 9.84 Å². The summed E-state index contributed by atoms with van der Waals surface area (Å²) >= 11 is 0. The van der Waals surface area contributed by atoms with Gasteiger partial charge in [0.2, 0.25) is 0 Å². The van der Waals surface area contributed by atoms with Crippen molar-refractivity contribution in [3.8, 4) is 0 Å². The third-order valence-corrected chi connectivity index (χ3v) is 2.68. The molecule has 5 heteroatoms. The van der Waals surface area contributed by atoms with E-state index in [1.165, 1.54) is 6.26 Å². The molecule has 0 aromatic heterocycles. The van der Waals surface area contributed by atoms with Gasteiger partial charge in [-0.25, -0.2) is 8.42 Å². The van der Waals surface area contributed by atoms with E-state index in [4.69, 9.17) is 5.73 Å². The van der Waals surface area contributed by atoms with E-state index in [1.54, 1.807) is 0 Å². The molecular weight excluding hydrogens is 188 g/mol. The van der Waals surface area contributed by atoms with Gasteiger partial charge in [-0.15, -0.1) is 0 Å². The second-order valence-electron chi connectivity index (χ2n) is 3.72. The quantitative estimate of drug-likeness (QED) is 0.651. The van der Waals surface area contributed by atoms with Crippen LogP contribution in [0.1, 0.15) is 13.3 Å². The minimum absolute atomic E-state index is 0.142. The summed E-state index contributed by atoms with van der Waals surface area (Å²) < 4.78 is 21.6. The van der Waals surface area contributed by atoms with Crippen LogP contribution in [-0.4, -0.2) is 51.5 Å². The van der Waals surface area contributed by atoms with Crippen LogP contribution in [0.3, 0.4) is 0 Å². The standard InChI is InChI=1S/C8H20N2O2S/c1-8(9)7-10(2)5-4-6-13(3,11)12/h8H,4-7,9H2,1-3H3. The Morgan fingerprint density at radius 2 is 2.00 bits per heavy atom. The average Bonchev–Trinajstić information content (AvgIpc) is 1.81. The first kappa shape index (κ1) is 12.9. The van der Waals surface area contributed by atoms with Crippen LogP contribution >= 0.6 is 0 Å². The maximum Gasteiger partial charge on any atom is 0.147 e. The number of hydrogen-bond acceptors (Lipinski definition) is 4. The van der Waals surface area contributed by atoms with Gasteiger partial charge >= 0.3 is 0 Å². The first-order valence-corrected chi connectivity index (χ1v) is 6.49. The molecule has 0 aliphatic rings. The average molecular weight is 208 g/mol. The fourth-order valence-corrected chi connectivity index (χ4v) is 1.83. The highest BCUT2D eigenvalue weighted by Crippen LogP contribution is 1.93. The molecular formula is C8H20N2O2S. The first-order chi connectivity index (χ1) is 5.81. The maximum atomic E-state index is 10.8. The Morgan fingerprint density at radius 1 is 1.46 bits per heavy atom. The maximum absolute atomic E-state index is 10.8. The predicted octanol–water partition coefficient (Wildman–Crippen LogP) is -0.300. The van der Waals surface area contributed by atoms with E-state index >= 15 is 0 Å². The number of sulfone groups is 1. The normalized spacial score (nSPS) is 14.8. The highest BCUT2D eigenvalue weighted by atomic mass is 32.2. The van der Waals surface area contributed by atoms with Crippen LogP contribution in [0.2, 0.25) is 0 Å². The molecule has 0 spiro atoms. The Balaban J connectivity index is 3.54. The van der Waals surface area contributed by atoms with Crippen molar-refractivity contribution in [1.29, 1.82) is 0 Å². The molecule has 0 radical (unpaired) electrons. The van der Waals surface area contributed by atoms with Crippen LogP contribution in [0.4, 0.5) is 0 Å². The van der Waals surface area contributed by atoms with Crippen molar-refractivity contribution in [1.82, 2.24) is 4.90 Å². The highest BCUT2D eigenvalue weighted by Gasteiger charge is 2.05. The van der Waals surface area contributed by atoms with Gasteiger partial charge < -0.3 is 10.6 Å². The Hall–Kier alpha value is -0.130. The molecule has 13 heavy (non-hydrogen) atoms. The molecule has 1 atom stereocenters. The van der Waals surface area contributed by atoms with Gasteiger partial charge in [0.25, 0.3) is 0 Å². The molecule has 0 rings (SSSR count). The third-order valence-electron chi connectivity index (χ3n) is 1.65. The summed E-state index contributed by atoms with van der Waals surface area (Å²) in [6.45, 7) is 3.53. The molecule has 0 bridgehead atoms. The first-order valence-electron chi connectivity index (χ1n) is 4.43. The lowest BCUT2D eigenvalue weighted by Gasteiger charge is -2.18. The highest BCUT2D eigenvalue weighted by molar-refractivity contribution is 7.90. The topological polar surface area (TPSA) is 63.4 Å². The predicted molar refractivity (Wildman–Crippen MR) is 55.5 cm³/mol. The van der Waals surface area contributed by atoms with E-state index in [9.17, 15) is 8.42 Å². The van der Waals surface area contributed by atoms with E-state index in [2.05, 4.69) is 4.90 Å². The molecule has 0 fully saturated rings. The molecule has 0 aliphatic carbocycles. The van der Waals surface area contributed by atoms with Gasteiger partial charge in [0.05, 0.1) is 5.75 Å². The molecule has 0 saturated heterocycles. The molecule has 0 heterocycles. The van der Waals surface area contributed by atoms with Crippen LogP contribution in [0.5, 0.6) is 0 Å². The smallest absolute Gasteiger partial charge is 0.147 e. The number of likely N-dealkylation sites (N-methyl/N-ethyl adjacent to an activating group) is 1. The van der Waals surface area contributed by atoms with Crippen LogP contribution in [0.25, 0.3) is 0 Å². The van der Waals surface area contributed by atoms with E-state index in [-0.39, 0.29) is 11.8 Å². The summed E-state index contributed by atoms with van der Waals surface area (Å²) in [5.41, 5.74) is 5.59. The summed E-state index contributed by atoms with van der Waals surface area (Å²) in [4.78, 5) is 2.05. The molecule has 0 saturated carbocycles. The Labute approximate surface area is 81.0 Å². The van der Waals surface area contributed by atoms with Crippen molar-refractivity contribution < 1.29 is 8.42 Å². The number of nitrogens with zero attached hydrogens (tertiary/aromatic N) is 1. The summed E-state index contributed by atoms with van der Waals surface area (Å²) in [7, 11) is -0.856. The number of nitrogens with two attached hydrogens (primary N) is 1. The van der Waals surface area contributed by atoms with Crippen LogP contribution < -0.4 is 5.73 Å². The molecule has 0 aromatic carbocycles. The molecule has 0 aromatic rings. The van der Waals surface area contributed by atoms with E-state index in [0.29, 0.717) is 6.42 Å². The minimum atomic E-state index is -2.81. The fraction of sp³-hybridized carbons (Fsp3) is 1.00. The lowest BCUT2D eigenvalue weighted by Crippen LogP contribution is -2.33.